The third kappa shape index (κ3) is 4.10. The monoisotopic (exact) mass is 360 g/mol. The van der Waals surface area contributed by atoms with E-state index < -0.39 is 26.0 Å². The van der Waals surface area contributed by atoms with Gasteiger partial charge < -0.3 is 0 Å². The lowest BCUT2D eigenvalue weighted by atomic mass is 10.1. The first kappa shape index (κ1) is 17.9. The van der Waals surface area contributed by atoms with Crippen LogP contribution in [0.15, 0.2) is 29.2 Å². The van der Waals surface area contributed by atoms with Crippen LogP contribution in [0.4, 0.5) is 5.69 Å². The van der Waals surface area contributed by atoms with Crippen LogP contribution in [0, 0.1) is 5.92 Å². The molecule has 2 rings (SSSR count). The third-order valence-corrected chi connectivity index (χ3v) is 6.64. The SMILES string of the molecule is CC(C)CCNS(=O)(=O)c1ccc(N2C(=O)CCS2(=O)=O)cc1. The third-order valence-electron chi connectivity index (χ3n) is 3.47. The topological polar surface area (TPSA) is 101 Å². The van der Waals surface area contributed by atoms with Crippen LogP contribution in [0.2, 0.25) is 0 Å². The summed E-state index contributed by atoms with van der Waals surface area (Å²) in [5, 5.41) is 0. The highest BCUT2D eigenvalue weighted by atomic mass is 32.2. The summed E-state index contributed by atoms with van der Waals surface area (Å²) in [6, 6.07) is 5.26. The van der Waals surface area contributed by atoms with E-state index in [2.05, 4.69) is 4.72 Å². The molecular formula is C14H20N2O5S2. The van der Waals surface area contributed by atoms with Crippen LogP contribution in [0.3, 0.4) is 0 Å². The number of anilines is 1. The van der Waals surface area contributed by atoms with Gasteiger partial charge in [0.25, 0.3) is 0 Å². The van der Waals surface area contributed by atoms with Gasteiger partial charge in [0.2, 0.25) is 26.0 Å². The second kappa shape index (κ2) is 6.58. The first-order valence-electron chi connectivity index (χ1n) is 7.29. The van der Waals surface area contributed by atoms with Crippen molar-refractivity contribution in [3.8, 4) is 0 Å². The molecule has 1 aromatic rings. The summed E-state index contributed by atoms with van der Waals surface area (Å²) in [5.41, 5.74) is 0.161. The number of amides is 1. The minimum atomic E-state index is -3.64. The highest BCUT2D eigenvalue weighted by Gasteiger charge is 2.36. The van der Waals surface area contributed by atoms with Gasteiger partial charge >= 0.3 is 0 Å². The molecule has 0 unspecified atom stereocenters. The van der Waals surface area contributed by atoms with Crippen LogP contribution in [0.5, 0.6) is 0 Å². The van der Waals surface area contributed by atoms with Crippen LogP contribution in [-0.2, 0) is 24.8 Å². The number of sulfonamides is 2. The lowest BCUT2D eigenvalue weighted by Crippen LogP contribution is -2.29. The van der Waals surface area contributed by atoms with E-state index in [-0.39, 0.29) is 22.8 Å². The number of hydrogen-bond acceptors (Lipinski definition) is 5. The minimum absolute atomic E-state index is 0.0362. The maximum Gasteiger partial charge on any atom is 0.242 e. The van der Waals surface area contributed by atoms with Crippen molar-refractivity contribution in [2.75, 3.05) is 16.6 Å². The molecule has 0 aromatic heterocycles. The van der Waals surface area contributed by atoms with Crippen LogP contribution < -0.4 is 9.03 Å². The maximum atomic E-state index is 12.1. The quantitative estimate of drug-likeness (QED) is 0.818. The Hall–Kier alpha value is -1.45. The van der Waals surface area contributed by atoms with Crippen molar-refractivity contribution < 1.29 is 21.6 Å². The molecular weight excluding hydrogens is 340 g/mol. The number of carbonyl (C=O) groups is 1. The van der Waals surface area contributed by atoms with E-state index >= 15 is 0 Å². The number of nitrogens with one attached hydrogen (secondary N) is 1. The van der Waals surface area contributed by atoms with E-state index in [1.54, 1.807) is 0 Å². The Morgan fingerprint density at radius 3 is 2.30 bits per heavy atom. The van der Waals surface area contributed by atoms with Crippen LogP contribution in [0.25, 0.3) is 0 Å². The van der Waals surface area contributed by atoms with E-state index in [0.717, 1.165) is 10.7 Å². The van der Waals surface area contributed by atoms with E-state index in [1.165, 1.54) is 24.3 Å². The van der Waals surface area contributed by atoms with Gasteiger partial charge in [-0.05, 0) is 36.6 Å². The van der Waals surface area contributed by atoms with Gasteiger partial charge in [0.05, 0.1) is 16.3 Å². The normalized spacial score (nSPS) is 17.9. The Morgan fingerprint density at radius 2 is 1.83 bits per heavy atom. The summed E-state index contributed by atoms with van der Waals surface area (Å²) < 4.78 is 51.2. The summed E-state index contributed by atoms with van der Waals surface area (Å²) in [5.74, 6) is -0.343. The van der Waals surface area contributed by atoms with Crippen molar-refractivity contribution in [3.05, 3.63) is 24.3 Å². The molecule has 0 bridgehead atoms. The molecule has 0 spiro atoms. The van der Waals surface area contributed by atoms with Gasteiger partial charge in [-0.2, -0.15) is 0 Å². The number of rotatable bonds is 6. The minimum Gasteiger partial charge on any atom is -0.273 e. The molecule has 128 valence electrons. The predicted molar refractivity (Wildman–Crippen MR) is 87.0 cm³/mol. The fraction of sp³-hybridized carbons (Fsp3) is 0.500. The van der Waals surface area contributed by atoms with E-state index in [1.807, 2.05) is 13.8 Å². The average Bonchev–Trinajstić information content (AvgIpc) is 2.72. The molecule has 1 fully saturated rings. The van der Waals surface area contributed by atoms with Crippen molar-refractivity contribution >= 4 is 31.6 Å². The number of hydrogen-bond donors (Lipinski definition) is 1. The molecule has 0 atom stereocenters. The molecule has 1 N–H and O–H groups in total. The highest BCUT2D eigenvalue weighted by Crippen LogP contribution is 2.26. The highest BCUT2D eigenvalue weighted by molar-refractivity contribution is 7.94. The molecule has 1 aliphatic rings. The van der Waals surface area contributed by atoms with Gasteiger partial charge in [-0.3, -0.25) is 4.79 Å². The zero-order valence-corrected chi connectivity index (χ0v) is 14.7. The number of benzene rings is 1. The first-order chi connectivity index (χ1) is 10.6. The molecule has 1 saturated heterocycles. The van der Waals surface area contributed by atoms with E-state index in [9.17, 15) is 21.6 Å². The summed E-state index contributed by atoms with van der Waals surface area (Å²) in [6.45, 7) is 4.33. The largest absolute Gasteiger partial charge is 0.273 e. The zero-order valence-electron chi connectivity index (χ0n) is 13.0. The summed E-state index contributed by atoms with van der Waals surface area (Å²) >= 11 is 0. The van der Waals surface area contributed by atoms with Crippen LogP contribution in [0.1, 0.15) is 26.7 Å². The lowest BCUT2D eigenvalue weighted by Gasteiger charge is -2.15. The molecule has 7 nitrogen and oxygen atoms in total. The van der Waals surface area contributed by atoms with Gasteiger partial charge in [0.15, 0.2) is 0 Å². The molecule has 1 aliphatic heterocycles. The zero-order chi connectivity index (χ0) is 17.3. The second-order valence-corrected chi connectivity index (χ2v) is 9.50. The van der Waals surface area contributed by atoms with Gasteiger partial charge in [0, 0.05) is 13.0 Å². The molecule has 0 saturated carbocycles. The molecule has 23 heavy (non-hydrogen) atoms. The van der Waals surface area contributed by atoms with Crippen molar-refractivity contribution in [2.24, 2.45) is 5.92 Å². The fourth-order valence-corrected chi connectivity index (χ4v) is 4.70. The second-order valence-electron chi connectivity index (χ2n) is 5.80. The van der Waals surface area contributed by atoms with Crippen molar-refractivity contribution in [2.45, 2.75) is 31.6 Å². The van der Waals surface area contributed by atoms with Gasteiger partial charge in [-0.15, -0.1) is 0 Å². The van der Waals surface area contributed by atoms with Crippen LogP contribution in [-0.4, -0.2) is 35.0 Å². The lowest BCUT2D eigenvalue weighted by molar-refractivity contribution is -0.116. The molecule has 1 aromatic carbocycles. The van der Waals surface area contributed by atoms with Crippen molar-refractivity contribution in [3.63, 3.8) is 0 Å². The van der Waals surface area contributed by atoms with E-state index in [0.29, 0.717) is 12.5 Å². The smallest absolute Gasteiger partial charge is 0.242 e. The standard InChI is InChI=1S/C14H20N2O5S2/c1-11(2)7-9-15-23(20,21)13-5-3-12(4-6-13)16-14(17)8-10-22(16,18)19/h3-6,11,15H,7-10H2,1-2H3. The van der Waals surface area contributed by atoms with Gasteiger partial charge in [-0.1, -0.05) is 13.8 Å². The van der Waals surface area contributed by atoms with Crippen LogP contribution >= 0.6 is 0 Å². The molecule has 0 radical (unpaired) electrons. The Bertz CT molecular complexity index is 783. The van der Waals surface area contributed by atoms with Gasteiger partial charge in [-0.25, -0.2) is 25.9 Å². The molecule has 9 heteroatoms. The summed E-state index contributed by atoms with van der Waals surface area (Å²) in [7, 11) is -7.28. The van der Waals surface area contributed by atoms with Crippen molar-refractivity contribution in [1.29, 1.82) is 0 Å². The Labute approximate surface area is 136 Å². The number of carbonyl (C=O) groups excluding carboxylic acids is 1. The molecule has 1 heterocycles. The number of nitrogens with zero attached hydrogens (tertiary/aromatic N) is 1. The van der Waals surface area contributed by atoms with Crippen molar-refractivity contribution in [1.82, 2.24) is 4.72 Å². The predicted octanol–water partition coefficient (Wildman–Crippen LogP) is 1.08. The first-order valence-corrected chi connectivity index (χ1v) is 10.4. The summed E-state index contributed by atoms with van der Waals surface area (Å²) in [6.07, 6.45) is 0.664. The molecule has 0 aliphatic carbocycles. The average molecular weight is 360 g/mol. The fourth-order valence-electron chi connectivity index (χ4n) is 2.19. The summed E-state index contributed by atoms with van der Waals surface area (Å²) in [4.78, 5) is 11.7. The van der Waals surface area contributed by atoms with E-state index in [4.69, 9.17) is 0 Å². The van der Waals surface area contributed by atoms with Gasteiger partial charge in [0.1, 0.15) is 0 Å². The Morgan fingerprint density at radius 1 is 1.22 bits per heavy atom. The Balaban J connectivity index is 2.18. The Kier molecular flexibility index (Phi) is 5.12. The maximum absolute atomic E-state index is 12.1. The molecule has 1 amide bonds.